The molecule has 28 heavy (non-hydrogen) atoms. The van der Waals surface area contributed by atoms with Gasteiger partial charge < -0.3 is 9.88 Å². The molecule has 0 radical (unpaired) electrons. The van der Waals surface area contributed by atoms with Gasteiger partial charge in [-0.3, -0.25) is 9.89 Å². The Kier molecular flexibility index (Phi) is 3.97. The number of H-pyrrole nitrogens is 2. The van der Waals surface area contributed by atoms with E-state index in [-0.39, 0.29) is 17.8 Å². The SMILES string of the molecule is O=C(c1c[nH]c2cc(-c3cn[nH]c3)ccc12)N1CCCC1c1ccccc1F. The lowest BCUT2D eigenvalue weighted by Gasteiger charge is -2.25. The highest BCUT2D eigenvalue weighted by Crippen LogP contribution is 2.35. The lowest BCUT2D eigenvalue weighted by Crippen LogP contribution is -2.30. The number of aromatic nitrogens is 3. The van der Waals surface area contributed by atoms with Crippen molar-refractivity contribution >= 4 is 16.8 Å². The fourth-order valence-electron chi connectivity index (χ4n) is 4.12. The summed E-state index contributed by atoms with van der Waals surface area (Å²) in [5.74, 6) is -0.316. The minimum atomic E-state index is -0.254. The molecule has 1 fully saturated rings. The molecular weight excluding hydrogens is 355 g/mol. The number of carbonyl (C=O) groups is 1. The predicted molar refractivity (Wildman–Crippen MR) is 105 cm³/mol. The van der Waals surface area contributed by atoms with E-state index in [4.69, 9.17) is 0 Å². The van der Waals surface area contributed by atoms with E-state index in [0.29, 0.717) is 17.7 Å². The van der Waals surface area contributed by atoms with Gasteiger partial charge in [-0.15, -0.1) is 0 Å². The van der Waals surface area contributed by atoms with Crippen LogP contribution in [0.25, 0.3) is 22.0 Å². The number of likely N-dealkylation sites (tertiary alicyclic amines) is 1. The summed E-state index contributed by atoms with van der Waals surface area (Å²) in [5.41, 5.74) is 4.12. The van der Waals surface area contributed by atoms with Crippen molar-refractivity contribution in [3.63, 3.8) is 0 Å². The van der Waals surface area contributed by atoms with Gasteiger partial charge in [0.15, 0.2) is 0 Å². The molecule has 0 aliphatic carbocycles. The zero-order valence-corrected chi connectivity index (χ0v) is 15.2. The van der Waals surface area contributed by atoms with Gasteiger partial charge in [0.2, 0.25) is 0 Å². The summed E-state index contributed by atoms with van der Waals surface area (Å²) in [4.78, 5) is 18.3. The lowest BCUT2D eigenvalue weighted by atomic mass is 10.0. The number of hydrogen-bond donors (Lipinski definition) is 2. The molecular formula is C22H19FN4O. The normalized spacial score (nSPS) is 16.8. The van der Waals surface area contributed by atoms with Gasteiger partial charge >= 0.3 is 0 Å². The van der Waals surface area contributed by atoms with Gasteiger partial charge in [0, 0.05) is 41.0 Å². The van der Waals surface area contributed by atoms with Gasteiger partial charge in [0.1, 0.15) is 5.82 Å². The van der Waals surface area contributed by atoms with Crippen LogP contribution in [-0.4, -0.2) is 32.5 Å². The van der Waals surface area contributed by atoms with Gasteiger partial charge in [-0.1, -0.05) is 30.3 Å². The number of nitrogens with zero attached hydrogens (tertiary/aromatic N) is 2. The maximum Gasteiger partial charge on any atom is 0.256 e. The summed E-state index contributed by atoms with van der Waals surface area (Å²) in [6, 6.07) is 12.5. The second-order valence-corrected chi connectivity index (χ2v) is 7.13. The Balaban J connectivity index is 1.49. The van der Waals surface area contributed by atoms with Gasteiger partial charge in [-0.2, -0.15) is 5.10 Å². The molecule has 4 aromatic rings. The van der Waals surface area contributed by atoms with Gasteiger partial charge in [0.25, 0.3) is 5.91 Å². The van der Waals surface area contributed by atoms with Crippen LogP contribution in [0.15, 0.2) is 61.1 Å². The third-order valence-corrected chi connectivity index (χ3v) is 5.52. The highest BCUT2D eigenvalue weighted by molar-refractivity contribution is 6.07. The maximum absolute atomic E-state index is 14.3. The summed E-state index contributed by atoms with van der Waals surface area (Å²) in [7, 11) is 0. The number of aromatic amines is 2. The van der Waals surface area contributed by atoms with Crippen LogP contribution >= 0.6 is 0 Å². The first-order valence-corrected chi connectivity index (χ1v) is 9.38. The smallest absolute Gasteiger partial charge is 0.256 e. The number of benzene rings is 2. The van der Waals surface area contributed by atoms with Crippen LogP contribution in [0.3, 0.4) is 0 Å². The monoisotopic (exact) mass is 374 g/mol. The first-order valence-electron chi connectivity index (χ1n) is 9.38. The molecule has 1 amide bonds. The highest BCUT2D eigenvalue weighted by Gasteiger charge is 2.33. The van der Waals surface area contributed by atoms with Crippen molar-refractivity contribution < 1.29 is 9.18 Å². The Morgan fingerprint density at radius 1 is 1.14 bits per heavy atom. The number of carbonyl (C=O) groups excluding carboxylic acids is 1. The molecule has 1 saturated heterocycles. The number of fused-ring (bicyclic) bond motifs is 1. The first-order chi connectivity index (χ1) is 13.7. The summed E-state index contributed by atoms with van der Waals surface area (Å²) in [5, 5.41) is 7.66. The molecule has 3 heterocycles. The fourth-order valence-corrected chi connectivity index (χ4v) is 4.12. The molecule has 1 aliphatic heterocycles. The first kappa shape index (κ1) is 16.7. The van der Waals surface area contributed by atoms with Gasteiger partial charge in [-0.25, -0.2) is 4.39 Å². The van der Waals surface area contributed by atoms with E-state index in [1.807, 2.05) is 30.5 Å². The molecule has 2 aromatic heterocycles. The second kappa shape index (κ2) is 6.64. The minimum Gasteiger partial charge on any atom is -0.360 e. The van der Waals surface area contributed by atoms with E-state index >= 15 is 0 Å². The molecule has 140 valence electrons. The summed E-state index contributed by atoms with van der Waals surface area (Å²) >= 11 is 0. The third-order valence-electron chi connectivity index (χ3n) is 5.52. The van der Waals surface area contributed by atoms with E-state index in [1.54, 1.807) is 29.4 Å². The van der Waals surface area contributed by atoms with Crippen LogP contribution in [0.2, 0.25) is 0 Å². The Morgan fingerprint density at radius 2 is 2.04 bits per heavy atom. The van der Waals surface area contributed by atoms with Crippen LogP contribution in [0.1, 0.15) is 34.8 Å². The zero-order chi connectivity index (χ0) is 19.1. The lowest BCUT2D eigenvalue weighted by molar-refractivity contribution is 0.0735. The maximum atomic E-state index is 14.3. The van der Waals surface area contributed by atoms with Crippen molar-refractivity contribution in [3.05, 3.63) is 78.0 Å². The molecule has 1 aliphatic rings. The molecule has 6 heteroatoms. The van der Waals surface area contributed by atoms with Gasteiger partial charge in [0.05, 0.1) is 17.8 Å². The Labute approximate surface area is 161 Å². The van der Waals surface area contributed by atoms with Crippen LogP contribution < -0.4 is 0 Å². The van der Waals surface area contributed by atoms with E-state index in [1.165, 1.54) is 6.07 Å². The number of halogens is 1. The highest BCUT2D eigenvalue weighted by atomic mass is 19.1. The average molecular weight is 374 g/mol. The number of amides is 1. The van der Waals surface area contributed by atoms with Crippen molar-refractivity contribution in [1.29, 1.82) is 0 Å². The Hall–Kier alpha value is -3.41. The molecule has 0 bridgehead atoms. The quantitative estimate of drug-likeness (QED) is 0.547. The van der Waals surface area contributed by atoms with Crippen molar-refractivity contribution in [1.82, 2.24) is 20.1 Å². The largest absolute Gasteiger partial charge is 0.360 e. The molecule has 2 aromatic carbocycles. The van der Waals surface area contributed by atoms with Crippen LogP contribution in [0, 0.1) is 5.82 Å². The van der Waals surface area contributed by atoms with Crippen LogP contribution in [0.5, 0.6) is 0 Å². The molecule has 5 rings (SSSR count). The van der Waals surface area contributed by atoms with Crippen molar-refractivity contribution in [2.45, 2.75) is 18.9 Å². The third kappa shape index (κ3) is 2.69. The van der Waals surface area contributed by atoms with E-state index in [9.17, 15) is 9.18 Å². The molecule has 5 nitrogen and oxygen atoms in total. The molecule has 1 atom stereocenters. The standard InChI is InChI=1S/C22H19FN4O/c23-19-5-2-1-4-17(19)21-6-3-9-27(21)22(28)18-13-24-20-10-14(7-8-16(18)20)15-11-25-26-12-15/h1-2,4-5,7-8,10-13,21,24H,3,6,9H2,(H,25,26). The summed E-state index contributed by atoms with van der Waals surface area (Å²) in [6.45, 7) is 0.637. The zero-order valence-electron chi connectivity index (χ0n) is 15.2. The minimum absolute atomic E-state index is 0.0620. The second-order valence-electron chi connectivity index (χ2n) is 7.13. The molecule has 2 N–H and O–H groups in total. The van der Waals surface area contributed by atoms with E-state index in [2.05, 4.69) is 15.2 Å². The van der Waals surface area contributed by atoms with E-state index < -0.39 is 0 Å². The molecule has 1 unspecified atom stereocenters. The number of nitrogens with one attached hydrogen (secondary N) is 2. The Bertz CT molecular complexity index is 1150. The fraction of sp³-hybridized carbons (Fsp3) is 0.182. The predicted octanol–water partition coefficient (Wildman–Crippen LogP) is 4.67. The van der Waals surface area contributed by atoms with Gasteiger partial charge in [-0.05, 0) is 30.5 Å². The number of hydrogen-bond acceptors (Lipinski definition) is 2. The summed E-state index contributed by atoms with van der Waals surface area (Å²) in [6.07, 6.45) is 7.00. The molecule has 0 saturated carbocycles. The average Bonchev–Trinajstić information content (AvgIpc) is 3.47. The van der Waals surface area contributed by atoms with Crippen LogP contribution in [-0.2, 0) is 0 Å². The number of rotatable bonds is 3. The topological polar surface area (TPSA) is 64.8 Å². The van der Waals surface area contributed by atoms with Crippen LogP contribution in [0.4, 0.5) is 4.39 Å². The molecule has 0 spiro atoms. The van der Waals surface area contributed by atoms with Crippen molar-refractivity contribution in [2.75, 3.05) is 6.54 Å². The summed E-state index contributed by atoms with van der Waals surface area (Å²) < 4.78 is 14.3. The Morgan fingerprint density at radius 3 is 2.86 bits per heavy atom. The van der Waals surface area contributed by atoms with Crippen molar-refractivity contribution in [2.24, 2.45) is 0 Å². The van der Waals surface area contributed by atoms with E-state index in [0.717, 1.165) is 34.9 Å². The van der Waals surface area contributed by atoms with Crippen molar-refractivity contribution in [3.8, 4) is 11.1 Å².